The molecular weight excluding hydrogens is 186 g/mol. The van der Waals surface area contributed by atoms with Crippen molar-refractivity contribution in [1.29, 1.82) is 0 Å². The summed E-state index contributed by atoms with van der Waals surface area (Å²) < 4.78 is 0. The maximum atomic E-state index is 9.95. The third-order valence-electron chi connectivity index (χ3n) is 3.87. The largest absolute Gasteiger partial charge is 0.389 e. The number of nitrogens with one attached hydrogen (secondary N) is 1. The molecule has 3 unspecified atom stereocenters. The lowest BCUT2D eigenvalue weighted by atomic mass is 9.95. The second-order valence-corrected chi connectivity index (χ2v) is 5.45. The average Bonchev–Trinajstić information content (AvgIpc) is 2.40. The molecule has 2 N–H and O–H groups in total. The summed E-state index contributed by atoms with van der Waals surface area (Å²) in [5, 5.41) is 13.5. The van der Waals surface area contributed by atoms with Crippen LogP contribution >= 0.6 is 0 Å². The summed E-state index contributed by atoms with van der Waals surface area (Å²) in [5.41, 5.74) is -0.536. The molecular formula is C13H27NO. The normalized spacial score (nSPS) is 32.0. The molecule has 0 saturated heterocycles. The molecule has 2 nitrogen and oxygen atoms in total. The Kier molecular flexibility index (Phi) is 5.07. The molecule has 1 aliphatic rings. The molecule has 1 saturated carbocycles. The Hall–Kier alpha value is -0.0800. The van der Waals surface area contributed by atoms with Crippen LogP contribution in [0, 0.1) is 5.92 Å². The molecule has 15 heavy (non-hydrogen) atoms. The highest BCUT2D eigenvalue weighted by atomic mass is 16.3. The third kappa shape index (κ3) is 4.52. The van der Waals surface area contributed by atoms with Gasteiger partial charge in [-0.25, -0.2) is 0 Å². The number of hydrogen-bond donors (Lipinski definition) is 2. The van der Waals surface area contributed by atoms with E-state index >= 15 is 0 Å². The minimum Gasteiger partial charge on any atom is -0.389 e. The predicted octanol–water partition coefficient (Wildman–Crippen LogP) is 2.71. The Bertz CT molecular complexity index is 179. The summed E-state index contributed by atoms with van der Waals surface area (Å²) >= 11 is 0. The lowest BCUT2D eigenvalue weighted by Gasteiger charge is -2.28. The monoisotopic (exact) mass is 213 g/mol. The van der Waals surface area contributed by atoms with Crippen molar-refractivity contribution in [1.82, 2.24) is 5.32 Å². The summed E-state index contributed by atoms with van der Waals surface area (Å²) in [6, 6.07) is 0.616. The zero-order chi connectivity index (χ0) is 11.3. The lowest BCUT2D eigenvalue weighted by molar-refractivity contribution is 0.0503. The summed E-state index contributed by atoms with van der Waals surface area (Å²) in [6.07, 6.45) is 7.54. The van der Waals surface area contributed by atoms with E-state index in [-0.39, 0.29) is 0 Å². The van der Waals surface area contributed by atoms with Crippen LogP contribution in [0.1, 0.15) is 59.3 Å². The molecule has 2 heteroatoms. The van der Waals surface area contributed by atoms with Gasteiger partial charge in [-0.3, -0.25) is 0 Å². The topological polar surface area (TPSA) is 32.3 Å². The number of aliphatic hydroxyl groups is 1. The fourth-order valence-electron chi connectivity index (χ4n) is 2.27. The Labute approximate surface area is 94.5 Å². The van der Waals surface area contributed by atoms with E-state index in [1.807, 2.05) is 13.8 Å². The lowest BCUT2D eigenvalue weighted by Crippen LogP contribution is -2.44. The molecule has 0 aromatic rings. The fourth-order valence-corrected chi connectivity index (χ4v) is 2.27. The second-order valence-electron chi connectivity index (χ2n) is 5.45. The minimum absolute atomic E-state index is 0.536. The first-order valence-corrected chi connectivity index (χ1v) is 6.51. The van der Waals surface area contributed by atoms with Crippen LogP contribution in [0.4, 0.5) is 0 Å². The van der Waals surface area contributed by atoms with E-state index in [0.29, 0.717) is 6.04 Å². The minimum atomic E-state index is -0.536. The maximum absolute atomic E-state index is 9.95. The van der Waals surface area contributed by atoms with Crippen LogP contribution in [0.2, 0.25) is 0 Å². The van der Waals surface area contributed by atoms with Crippen molar-refractivity contribution in [3.63, 3.8) is 0 Å². The molecule has 0 bridgehead atoms. The molecule has 90 valence electrons. The van der Waals surface area contributed by atoms with Crippen LogP contribution < -0.4 is 5.32 Å². The summed E-state index contributed by atoms with van der Waals surface area (Å²) in [6.45, 7) is 7.03. The Morgan fingerprint density at radius 1 is 1.27 bits per heavy atom. The highest BCUT2D eigenvalue weighted by molar-refractivity contribution is 4.81. The van der Waals surface area contributed by atoms with Gasteiger partial charge in [0.15, 0.2) is 0 Å². The van der Waals surface area contributed by atoms with Crippen LogP contribution in [0.25, 0.3) is 0 Å². The van der Waals surface area contributed by atoms with Gasteiger partial charge in [0, 0.05) is 12.6 Å². The highest BCUT2D eigenvalue weighted by Gasteiger charge is 2.23. The first kappa shape index (κ1) is 13.0. The van der Waals surface area contributed by atoms with Gasteiger partial charge in [0.25, 0.3) is 0 Å². The molecule has 1 rings (SSSR count). The predicted molar refractivity (Wildman–Crippen MR) is 65.0 cm³/mol. The van der Waals surface area contributed by atoms with Crippen LogP contribution in [-0.4, -0.2) is 23.3 Å². The third-order valence-corrected chi connectivity index (χ3v) is 3.87. The quantitative estimate of drug-likeness (QED) is 0.704. The van der Waals surface area contributed by atoms with Gasteiger partial charge in [0.05, 0.1) is 5.60 Å². The van der Waals surface area contributed by atoms with Gasteiger partial charge in [-0.1, -0.05) is 33.1 Å². The summed E-state index contributed by atoms with van der Waals surface area (Å²) in [5.74, 6) is 0.764. The average molecular weight is 213 g/mol. The van der Waals surface area contributed by atoms with E-state index in [1.54, 1.807) is 0 Å². The molecule has 0 spiro atoms. The molecule has 3 atom stereocenters. The Morgan fingerprint density at radius 2 is 1.93 bits per heavy atom. The second kappa shape index (κ2) is 5.86. The highest BCUT2D eigenvalue weighted by Crippen LogP contribution is 2.23. The van der Waals surface area contributed by atoms with Crippen molar-refractivity contribution in [3.05, 3.63) is 0 Å². The zero-order valence-electron chi connectivity index (χ0n) is 10.6. The zero-order valence-corrected chi connectivity index (χ0v) is 10.6. The van der Waals surface area contributed by atoms with Crippen molar-refractivity contribution >= 4 is 0 Å². The van der Waals surface area contributed by atoms with Gasteiger partial charge >= 0.3 is 0 Å². The summed E-state index contributed by atoms with van der Waals surface area (Å²) in [7, 11) is 0. The Balaban J connectivity index is 2.35. The molecule has 0 radical (unpaired) electrons. The van der Waals surface area contributed by atoms with Gasteiger partial charge in [0.1, 0.15) is 0 Å². The van der Waals surface area contributed by atoms with E-state index in [1.165, 1.54) is 32.1 Å². The molecule has 0 heterocycles. The van der Waals surface area contributed by atoms with Crippen molar-refractivity contribution in [2.75, 3.05) is 6.54 Å². The van der Waals surface area contributed by atoms with E-state index in [4.69, 9.17) is 0 Å². The van der Waals surface area contributed by atoms with Crippen molar-refractivity contribution < 1.29 is 5.11 Å². The van der Waals surface area contributed by atoms with Gasteiger partial charge in [0.2, 0.25) is 0 Å². The number of rotatable bonds is 4. The number of hydrogen-bond acceptors (Lipinski definition) is 2. The first-order chi connectivity index (χ1) is 7.05. The van der Waals surface area contributed by atoms with Crippen molar-refractivity contribution in [2.24, 2.45) is 5.92 Å². The maximum Gasteiger partial charge on any atom is 0.0741 e. The first-order valence-electron chi connectivity index (χ1n) is 6.51. The molecule has 0 amide bonds. The SMILES string of the molecule is CCC(C)(O)CNC1CCCCCC1C. The molecule has 0 aliphatic heterocycles. The van der Waals surface area contributed by atoms with E-state index in [9.17, 15) is 5.11 Å². The van der Waals surface area contributed by atoms with Crippen molar-refractivity contribution in [3.8, 4) is 0 Å². The van der Waals surface area contributed by atoms with Gasteiger partial charge in [-0.05, 0) is 32.1 Å². The van der Waals surface area contributed by atoms with E-state index in [2.05, 4.69) is 12.2 Å². The fraction of sp³-hybridized carbons (Fsp3) is 1.00. The molecule has 1 fully saturated rings. The molecule has 1 aliphatic carbocycles. The van der Waals surface area contributed by atoms with Gasteiger partial charge < -0.3 is 10.4 Å². The van der Waals surface area contributed by atoms with Crippen LogP contribution in [0.15, 0.2) is 0 Å². The molecule has 0 aromatic heterocycles. The Morgan fingerprint density at radius 3 is 2.60 bits per heavy atom. The van der Waals surface area contributed by atoms with Gasteiger partial charge in [-0.15, -0.1) is 0 Å². The van der Waals surface area contributed by atoms with Crippen LogP contribution in [-0.2, 0) is 0 Å². The van der Waals surface area contributed by atoms with E-state index < -0.39 is 5.60 Å². The van der Waals surface area contributed by atoms with Crippen molar-refractivity contribution in [2.45, 2.75) is 70.9 Å². The van der Waals surface area contributed by atoms with Crippen LogP contribution in [0.3, 0.4) is 0 Å². The molecule has 0 aromatic carbocycles. The summed E-state index contributed by atoms with van der Waals surface area (Å²) in [4.78, 5) is 0. The van der Waals surface area contributed by atoms with E-state index in [0.717, 1.165) is 18.9 Å². The standard InChI is InChI=1S/C13H27NO/c1-4-13(3,15)10-14-12-9-7-5-6-8-11(12)2/h11-12,14-15H,4-10H2,1-3H3. The van der Waals surface area contributed by atoms with Crippen LogP contribution in [0.5, 0.6) is 0 Å². The smallest absolute Gasteiger partial charge is 0.0741 e. The van der Waals surface area contributed by atoms with Gasteiger partial charge in [-0.2, -0.15) is 0 Å².